The fourth-order valence-corrected chi connectivity index (χ4v) is 0.448. The molecule has 0 aliphatic heterocycles. The number of rotatable bonds is 3. The van der Waals surface area contributed by atoms with E-state index in [0.29, 0.717) is 5.57 Å². The van der Waals surface area contributed by atoms with Crippen molar-refractivity contribution < 1.29 is 9.90 Å². The quantitative estimate of drug-likeness (QED) is 0.510. The van der Waals surface area contributed by atoms with Crippen molar-refractivity contribution in [2.75, 3.05) is 0 Å². The Hall–Kier alpha value is 0.846. The van der Waals surface area contributed by atoms with E-state index < -0.39 is 5.97 Å². The first-order chi connectivity index (χ1) is 4.18. The van der Waals surface area contributed by atoms with Gasteiger partial charge < -0.3 is 5.11 Å². The minimum atomic E-state index is -0.816. The van der Waals surface area contributed by atoms with Gasteiger partial charge in [-0.05, 0) is 13.3 Å². The summed E-state index contributed by atoms with van der Waals surface area (Å²) < 4.78 is 0. The summed E-state index contributed by atoms with van der Waals surface area (Å²) in [4.78, 5) is 10.1. The van der Waals surface area contributed by atoms with E-state index in [1.54, 1.807) is 13.0 Å². The molecule has 1 radical (unpaired) electrons. The minimum Gasteiger partial charge on any atom is -0.478 e. The van der Waals surface area contributed by atoms with Gasteiger partial charge in [0.2, 0.25) is 0 Å². The Bertz CT molecular complexity index is 130. The number of carboxylic acids is 1. The van der Waals surface area contributed by atoms with Crippen molar-refractivity contribution in [2.45, 2.75) is 26.7 Å². The van der Waals surface area contributed by atoms with Crippen LogP contribution in [0.1, 0.15) is 26.7 Å². The molecule has 0 unspecified atom stereocenters. The molecular weight excluding hydrogens is 155 g/mol. The third kappa shape index (κ3) is 6.96. The van der Waals surface area contributed by atoms with Gasteiger partial charge in [0.1, 0.15) is 0 Å². The van der Waals surface area contributed by atoms with Crippen LogP contribution in [0.25, 0.3) is 0 Å². The molecule has 0 amide bonds. The number of aliphatic carboxylic acids is 1. The van der Waals surface area contributed by atoms with Gasteiger partial charge in [0.25, 0.3) is 0 Å². The maximum atomic E-state index is 10.1. The molecule has 2 nitrogen and oxygen atoms in total. The molecule has 0 aromatic heterocycles. The van der Waals surface area contributed by atoms with Gasteiger partial charge in [-0.15, -0.1) is 0 Å². The molecule has 0 aromatic carbocycles. The normalized spacial score (nSPS) is 10.4. The zero-order valence-electron chi connectivity index (χ0n) is 6.85. The van der Waals surface area contributed by atoms with Crippen molar-refractivity contribution in [3.8, 4) is 0 Å². The van der Waals surface area contributed by atoms with Crippen molar-refractivity contribution in [3.05, 3.63) is 11.6 Å². The zero-order chi connectivity index (χ0) is 7.28. The van der Waals surface area contributed by atoms with Crippen molar-refractivity contribution in [1.29, 1.82) is 0 Å². The second-order valence-electron chi connectivity index (χ2n) is 1.98. The van der Waals surface area contributed by atoms with Crippen LogP contribution < -0.4 is 0 Å². The first-order valence-corrected chi connectivity index (χ1v) is 3.08. The average molecular weight is 167 g/mol. The van der Waals surface area contributed by atoms with Crippen LogP contribution in [-0.2, 0) is 4.79 Å². The third-order valence-corrected chi connectivity index (χ3v) is 1.08. The molecule has 0 saturated heterocycles. The van der Waals surface area contributed by atoms with Crippen molar-refractivity contribution >= 4 is 57.4 Å². The predicted octanol–water partition coefficient (Wildman–Crippen LogP) is 1.44. The van der Waals surface area contributed by atoms with Gasteiger partial charge in [-0.1, -0.05) is 19.4 Å². The van der Waals surface area contributed by atoms with Crippen LogP contribution >= 0.6 is 0 Å². The van der Waals surface area contributed by atoms with Crippen molar-refractivity contribution in [1.82, 2.24) is 0 Å². The summed E-state index contributed by atoms with van der Waals surface area (Å²) in [6, 6.07) is 0. The van der Waals surface area contributed by atoms with E-state index in [9.17, 15) is 4.79 Å². The van der Waals surface area contributed by atoms with Gasteiger partial charge in [0, 0.05) is 57.0 Å². The number of carboxylic acid groups (broad SMARTS) is 1. The number of carbonyl (C=O) groups is 1. The Labute approximate surface area is 104 Å². The maximum Gasteiger partial charge on any atom is 0.330 e. The molecule has 0 aliphatic rings. The van der Waals surface area contributed by atoms with E-state index >= 15 is 0 Å². The van der Waals surface area contributed by atoms with E-state index in [1.165, 1.54) is 0 Å². The molecule has 0 aromatic rings. The van der Waals surface area contributed by atoms with Crippen LogP contribution in [0.4, 0.5) is 0 Å². The third-order valence-electron chi connectivity index (χ3n) is 1.08. The van der Waals surface area contributed by atoms with Crippen LogP contribution in [0.15, 0.2) is 11.6 Å². The fraction of sp³-hybridized carbons (Fsp3) is 0.571. The van der Waals surface area contributed by atoms with E-state index in [0.717, 1.165) is 12.8 Å². The van der Waals surface area contributed by atoms with E-state index in [-0.39, 0.29) is 51.4 Å². The first-order valence-electron chi connectivity index (χ1n) is 3.08. The molecule has 0 aliphatic carbocycles. The first kappa shape index (κ1) is 13.4. The molecule has 53 valence electrons. The standard InChI is InChI=1S/C7H12O2.K/c1-3-4-5-6(2)7(8)9;/h5H,3-4H2,1-2H3,(H,8,9);. The Morgan fingerprint density at radius 3 is 2.40 bits per heavy atom. The Balaban J connectivity index is 0. The largest absolute Gasteiger partial charge is 0.478 e. The summed E-state index contributed by atoms with van der Waals surface area (Å²) in [6.07, 6.45) is 3.60. The molecule has 0 atom stereocenters. The molecule has 0 rings (SSSR count). The van der Waals surface area contributed by atoms with Gasteiger partial charge in [0.05, 0.1) is 0 Å². The molecule has 0 fully saturated rings. The van der Waals surface area contributed by atoms with Gasteiger partial charge in [-0.2, -0.15) is 0 Å². The number of unbranched alkanes of at least 4 members (excludes halogenated alkanes) is 1. The second-order valence-corrected chi connectivity index (χ2v) is 1.98. The average Bonchev–Trinajstić information content (AvgIpc) is 1.82. The van der Waals surface area contributed by atoms with Gasteiger partial charge in [0.15, 0.2) is 0 Å². The summed E-state index contributed by atoms with van der Waals surface area (Å²) >= 11 is 0. The number of hydrogen-bond acceptors (Lipinski definition) is 1. The van der Waals surface area contributed by atoms with Crippen LogP contribution in [0.3, 0.4) is 0 Å². The van der Waals surface area contributed by atoms with E-state index in [1.807, 2.05) is 6.92 Å². The van der Waals surface area contributed by atoms with Crippen LogP contribution in [0.2, 0.25) is 0 Å². The smallest absolute Gasteiger partial charge is 0.330 e. The fourth-order valence-electron chi connectivity index (χ4n) is 0.448. The zero-order valence-corrected chi connectivity index (χ0v) is 9.97. The minimum absolute atomic E-state index is 0. The summed E-state index contributed by atoms with van der Waals surface area (Å²) in [5.74, 6) is -0.816. The Kier molecular flexibility index (Phi) is 10.7. The Morgan fingerprint density at radius 2 is 2.10 bits per heavy atom. The van der Waals surface area contributed by atoms with Crippen LogP contribution in [-0.4, -0.2) is 62.5 Å². The summed E-state index contributed by atoms with van der Waals surface area (Å²) in [5, 5.41) is 8.34. The molecule has 1 N–H and O–H groups in total. The van der Waals surface area contributed by atoms with Crippen LogP contribution in [0.5, 0.6) is 0 Å². The van der Waals surface area contributed by atoms with Crippen LogP contribution in [0, 0.1) is 0 Å². The predicted molar refractivity (Wildman–Crippen MR) is 42.1 cm³/mol. The SMILES string of the molecule is CCCC=C(C)C(=O)O.[K]. The summed E-state index contributed by atoms with van der Waals surface area (Å²) in [5.41, 5.74) is 0.442. The van der Waals surface area contributed by atoms with Gasteiger partial charge in [-0.25, -0.2) is 4.79 Å². The molecule has 0 heterocycles. The van der Waals surface area contributed by atoms with Gasteiger partial charge >= 0.3 is 5.97 Å². The Morgan fingerprint density at radius 1 is 1.60 bits per heavy atom. The number of allylic oxidation sites excluding steroid dienone is 1. The molecule has 0 spiro atoms. The van der Waals surface area contributed by atoms with Crippen molar-refractivity contribution in [2.24, 2.45) is 0 Å². The number of hydrogen-bond donors (Lipinski definition) is 1. The molecular formula is C7H12KO2. The van der Waals surface area contributed by atoms with E-state index in [2.05, 4.69) is 0 Å². The summed E-state index contributed by atoms with van der Waals surface area (Å²) in [7, 11) is 0. The van der Waals surface area contributed by atoms with E-state index in [4.69, 9.17) is 5.11 Å². The van der Waals surface area contributed by atoms with Gasteiger partial charge in [-0.3, -0.25) is 0 Å². The molecule has 0 bridgehead atoms. The monoisotopic (exact) mass is 167 g/mol. The second kappa shape index (κ2) is 7.95. The topological polar surface area (TPSA) is 37.3 Å². The van der Waals surface area contributed by atoms with Crippen molar-refractivity contribution in [3.63, 3.8) is 0 Å². The summed E-state index contributed by atoms with van der Waals surface area (Å²) in [6.45, 7) is 3.63. The molecule has 10 heavy (non-hydrogen) atoms. The molecule has 0 saturated carbocycles. The molecule has 3 heteroatoms. The maximum absolute atomic E-state index is 10.1.